The average Bonchev–Trinajstić information content (AvgIpc) is 2.88. The maximum atomic E-state index is 8.67. The summed E-state index contributed by atoms with van der Waals surface area (Å²) in [4.78, 5) is 2.00. The smallest absolute Gasteiger partial charge is 0.139 e. The summed E-state index contributed by atoms with van der Waals surface area (Å²) in [5, 5.41) is 9.79. The van der Waals surface area contributed by atoms with E-state index in [9.17, 15) is 0 Å². The molecule has 0 saturated carbocycles. The van der Waals surface area contributed by atoms with E-state index < -0.39 is 0 Å². The molecule has 2 nitrogen and oxygen atoms in total. The predicted molar refractivity (Wildman–Crippen MR) is 83.7 cm³/mol. The van der Waals surface area contributed by atoms with E-state index in [0.29, 0.717) is 28.8 Å². The molecule has 1 aromatic carbocycles. The van der Waals surface area contributed by atoms with Gasteiger partial charge in [0.05, 0.1) is 16.5 Å². The lowest BCUT2D eigenvalue weighted by molar-refractivity contribution is 0.305. The zero-order valence-corrected chi connectivity index (χ0v) is 12.9. The number of hydrogen-bond donors (Lipinski definition) is 1. The second-order valence-corrected chi connectivity index (χ2v) is 5.92. The fourth-order valence-corrected chi connectivity index (χ4v) is 2.59. The van der Waals surface area contributed by atoms with Crippen molar-refractivity contribution in [2.24, 2.45) is 0 Å². The van der Waals surface area contributed by atoms with E-state index in [1.165, 1.54) is 0 Å². The number of aliphatic hydroxyl groups excluding tert-OH is 1. The van der Waals surface area contributed by atoms with Gasteiger partial charge in [0.1, 0.15) is 12.4 Å². The summed E-state index contributed by atoms with van der Waals surface area (Å²) in [5.74, 6) is 6.45. The molecule has 5 heteroatoms. The van der Waals surface area contributed by atoms with Gasteiger partial charge in [-0.05, 0) is 24.3 Å². The standard InChI is InChI=1S/C15H12Cl2O2S/c16-11-4-7-14(17)15(9-11)19-10-13-6-5-12(20-13)3-1-2-8-18/h4-7,9,18H,2,8,10H2. The second-order valence-electron chi connectivity index (χ2n) is 3.90. The summed E-state index contributed by atoms with van der Waals surface area (Å²) in [7, 11) is 0. The number of thiophene rings is 1. The van der Waals surface area contributed by atoms with Crippen molar-refractivity contribution in [3.05, 3.63) is 50.1 Å². The monoisotopic (exact) mass is 326 g/mol. The lowest BCUT2D eigenvalue weighted by Gasteiger charge is -2.06. The van der Waals surface area contributed by atoms with Crippen LogP contribution in [0.2, 0.25) is 10.0 Å². The Bertz CT molecular complexity index is 641. The maximum Gasteiger partial charge on any atom is 0.139 e. The number of ether oxygens (including phenoxy) is 1. The first-order valence-corrected chi connectivity index (χ1v) is 7.52. The molecule has 2 rings (SSSR count). The Morgan fingerprint density at radius 3 is 2.85 bits per heavy atom. The van der Waals surface area contributed by atoms with Crippen LogP contribution in [0.5, 0.6) is 5.75 Å². The van der Waals surface area contributed by atoms with Crippen molar-refractivity contribution in [2.45, 2.75) is 13.0 Å². The van der Waals surface area contributed by atoms with Gasteiger partial charge in [0.25, 0.3) is 0 Å². The molecule has 0 saturated heterocycles. The summed E-state index contributed by atoms with van der Waals surface area (Å²) in [5.41, 5.74) is 0. The third-order valence-corrected chi connectivity index (χ3v) is 3.89. The molecule has 0 aliphatic heterocycles. The molecule has 0 bridgehead atoms. The number of aliphatic hydroxyl groups is 1. The van der Waals surface area contributed by atoms with Gasteiger partial charge in [0, 0.05) is 22.4 Å². The highest BCUT2D eigenvalue weighted by Crippen LogP contribution is 2.29. The predicted octanol–water partition coefficient (Wildman–Crippen LogP) is 4.37. The van der Waals surface area contributed by atoms with E-state index in [2.05, 4.69) is 11.8 Å². The molecule has 104 valence electrons. The van der Waals surface area contributed by atoms with Crippen LogP contribution in [0, 0.1) is 11.8 Å². The molecule has 0 unspecified atom stereocenters. The van der Waals surface area contributed by atoms with E-state index in [1.54, 1.807) is 29.5 Å². The normalized spacial score (nSPS) is 9.95. The first-order valence-electron chi connectivity index (χ1n) is 5.95. The number of hydrogen-bond acceptors (Lipinski definition) is 3. The minimum absolute atomic E-state index is 0.0849. The van der Waals surface area contributed by atoms with E-state index >= 15 is 0 Å². The molecule has 1 N–H and O–H groups in total. The minimum atomic E-state index is 0.0849. The van der Waals surface area contributed by atoms with Crippen LogP contribution < -0.4 is 4.74 Å². The highest BCUT2D eigenvalue weighted by molar-refractivity contribution is 7.12. The van der Waals surface area contributed by atoms with Crippen LogP contribution in [0.4, 0.5) is 0 Å². The van der Waals surface area contributed by atoms with Crippen molar-refractivity contribution < 1.29 is 9.84 Å². The van der Waals surface area contributed by atoms with Crippen molar-refractivity contribution in [3.8, 4) is 17.6 Å². The molecule has 1 aromatic heterocycles. The van der Waals surface area contributed by atoms with Gasteiger partial charge in [-0.2, -0.15) is 0 Å². The Hall–Kier alpha value is -1.18. The quantitative estimate of drug-likeness (QED) is 0.845. The lowest BCUT2D eigenvalue weighted by atomic mass is 10.3. The van der Waals surface area contributed by atoms with Gasteiger partial charge < -0.3 is 9.84 Å². The molecule has 0 amide bonds. The summed E-state index contributed by atoms with van der Waals surface area (Å²) in [6.45, 7) is 0.508. The van der Waals surface area contributed by atoms with Crippen molar-refractivity contribution in [1.82, 2.24) is 0 Å². The zero-order valence-electron chi connectivity index (χ0n) is 10.5. The van der Waals surface area contributed by atoms with Gasteiger partial charge in [0.2, 0.25) is 0 Å². The largest absolute Gasteiger partial charge is 0.486 e. The van der Waals surface area contributed by atoms with E-state index in [-0.39, 0.29) is 6.61 Å². The molecule has 0 aliphatic carbocycles. The Labute approximate surface area is 131 Å². The van der Waals surface area contributed by atoms with Gasteiger partial charge in [-0.15, -0.1) is 11.3 Å². The average molecular weight is 327 g/mol. The molecule has 0 aliphatic rings. The Morgan fingerprint density at radius 2 is 2.05 bits per heavy atom. The Balaban J connectivity index is 1.98. The van der Waals surface area contributed by atoms with Gasteiger partial charge in [0.15, 0.2) is 0 Å². The van der Waals surface area contributed by atoms with Gasteiger partial charge in [-0.1, -0.05) is 35.0 Å². The molecular formula is C15H12Cl2O2S. The fourth-order valence-electron chi connectivity index (χ4n) is 1.46. The lowest BCUT2D eigenvalue weighted by Crippen LogP contribution is -1.93. The van der Waals surface area contributed by atoms with Gasteiger partial charge >= 0.3 is 0 Å². The molecular weight excluding hydrogens is 315 g/mol. The molecule has 1 heterocycles. The first kappa shape index (κ1) is 15.2. The summed E-state index contributed by atoms with van der Waals surface area (Å²) < 4.78 is 5.65. The molecule has 0 fully saturated rings. The third-order valence-electron chi connectivity index (χ3n) is 2.37. The van der Waals surface area contributed by atoms with E-state index in [1.807, 2.05) is 12.1 Å². The van der Waals surface area contributed by atoms with E-state index in [0.717, 1.165) is 9.75 Å². The first-order chi connectivity index (χ1) is 9.69. The highest BCUT2D eigenvalue weighted by Gasteiger charge is 2.04. The van der Waals surface area contributed by atoms with Crippen molar-refractivity contribution in [2.75, 3.05) is 6.61 Å². The summed E-state index contributed by atoms with van der Waals surface area (Å²) >= 11 is 13.5. The van der Waals surface area contributed by atoms with Crippen LogP contribution in [0.1, 0.15) is 16.2 Å². The second kappa shape index (κ2) is 7.56. The molecule has 0 spiro atoms. The van der Waals surface area contributed by atoms with Crippen molar-refractivity contribution in [3.63, 3.8) is 0 Å². The summed E-state index contributed by atoms with van der Waals surface area (Å²) in [6.07, 6.45) is 0.488. The minimum Gasteiger partial charge on any atom is -0.486 e. The SMILES string of the molecule is OCCC#Cc1ccc(COc2cc(Cl)ccc2Cl)s1. The Kier molecular flexibility index (Phi) is 5.75. The van der Waals surface area contributed by atoms with Gasteiger partial charge in [-0.3, -0.25) is 0 Å². The highest BCUT2D eigenvalue weighted by atomic mass is 35.5. The fraction of sp³-hybridized carbons (Fsp3) is 0.200. The number of halogens is 2. The Morgan fingerprint density at radius 1 is 1.20 bits per heavy atom. The van der Waals surface area contributed by atoms with Crippen LogP contribution in [0.3, 0.4) is 0 Å². The van der Waals surface area contributed by atoms with Crippen molar-refractivity contribution in [1.29, 1.82) is 0 Å². The van der Waals surface area contributed by atoms with Crippen LogP contribution in [-0.2, 0) is 6.61 Å². The van der Waals surface area contributed by atoms with Crippen LogP contribution in [-0.4, -0.2) is 11.7 Å². The molecule has 20 heavy (non-hydrogen) atoms. The van der Waals surface area contributed by atoms with Crippen LogP contribution >= 0.6 is 34.5 Å². The number of benzene rings is 1. The van der Waals surface area contributed by atoms with Crippen LogP contribution in [0.25, 0.3) is 0 Å². The topological polar surface area (TPSA) is 29.5 Å². The van der Waals surface area contributed by atoms with Crippen molar-refractivity contribution >= 4 is 34.5 Å². The molecule has 0 radical (unpaired) electrons. The zero-order chi connectivity index (χ0) is 14.4. The number of rotatable bonds is 4. The molecule has 0 atom stereocenters. The maximum absolute atomic E-state index is 8.67. The van der Waals surface area contributed by atoms with Gasteiger partial charge in [-0.25, -0.2) is 0 Å². The van der Waals surface area contributed by atoms with E-state index in [4.69, 9.17) is 33.0 Å². The molecule has 2 aromatic rings. The summed E-state index contributed by atoms with van der Waals surface area (Å²) in [6, 6.07) is 9.02. The van der Waals surface area contributed by atoms with Crippen LogP contribution in [0.15, 0.2) is 30.3 Å². The third kappa shape index (κ3) is 4.43.